The molecule has 2 atom stereocenters. The quantitative estimate of drug-likeness (QED) is 0.798. The largest absolute Gasteiger partial charge is 0.397 e. The van der Waals surface area contributed by atoms with Crippen molar-refractivity contribution >= 4 is 38.1 Å². The van der Waals surface area contributed by atoms with Crippen LogP contribution in [0.4, 0.5) is 5.69 Å². The molecule has 108 valence electrons. The standard InChI is InChI=1S/C11H17ClN2O3S2/c1-7-4-9(12)10(13)5-11(7)19(16,17)14-6-8(2)18(3)15/h4-5,8,14H,6,13H2,1-3H3. The average molecular weight is 325 g/mol. The van der Waals surface area contributed by atoms with Crippen molar-refractivity contribution in [1.29, 1.82) is 0 Å². The van der Waals surface area contributed by atoms with Gasteiger partial charge in [0.15, 0.2) is 0 Å². The lowest BCUT2D eigenvalue weighted by atomic mass is 10.2. The molecule has 0 fully saturated rings. The number of hydrogen-bond donors (Lipinski definition) is 2. The monoisotopic (exact) mass is 324 g/mol. The van der Waals surface area contributed by atoms with Gasteiger partial charge in [0.2, 0.25) is 10.0 Å². The smallest absolute Gasteiger partial charge is 0.240 e. The highest BCUT2D eigenvalue weighted by Crippen LogP contribution is 2.26. The summed E-state index contributed by atoms with van der Waals surface area (Å²) in [5.74, 6) is 0. The second-order valence-electron chi connectivity index (χ2n) is 4.30. The number of nitrogen functional groups attached to an aromatic ring is 1. The lowest BCUT2D eigenvalue weighted by Gasteiger charge is -2.13. The molecule has 0 saturated heterocycles. The van der Waals surface area contributed by atoms with Crippen molar-refractivity contribution in [3.63, 3.8) is 0 Å². The van der Waals surface area contributed by atoms with Crippen LogP contribution in [-0.4, -0.2) is 30.7 Å². The molecule has 3 N–H and O–H groups in total. The molecule has 0 aliphatic rings. The minimum absolute atomic E-state index is 0.0866. The van der Waals surface area contributed by atoms with E-state index in [-0.39, 0.29) is 22.4 Å². The van der Waals surface area contributed by atoms with Crippen molar-refractivity contribution in [2.24, 2.45) is 0 Å². The lowest BCUT2D eigenvalue weighted by molar-refractivity contribution is 0.580. The van der Waals surface area contributed by atoms with Crippen molar-refractivity contribution in [3.05, 3.63) is 22.7 Å². The summed E-state index contributed by atoms with van der Waals surface area (Å²) in [5.41, 5.74) is 6.34. The summed E-state index contributed by atoms with van der Waals surface area (Å²) in [5, 5.41) is 0.0548. The fraction of sp³-hybridized carbons (Fsp3) is 0.455. The van der Waals surface area contributed by atoms with Crippen LogP contribution in [-0.2, 0) is 20.8 Å². The molecule has 0 spiro atoms. The zero-order chi connectivity index (χ0) is 14.8. The Morgan fingerprint density at radius 1 is 1.47 bits per heavy atom. The molecule has 0 radical (unpaired) electrons. The first-order valence-corrected chi connectivity index (χ1v) is 9.01. The number of sulfonamides is 1. The molecule has 2 unspecified atom stereocenters. The van der Waals surface area contributed by atoms with Gasteiger partial charge in [-0.3, -0.25) is 4.21 Å². The third-order valence-electron chi connectivity index (χ3n) is 2.71. The number of nitrogens with one attached hydrogen (secondary N) is 1. The van der Waals surface area contributed by atoms with Crippen LogP contribution in [0.25, 0.3) is 0 Å². The molecule has 0 bridgehead atoms. The van der Waals surface area contributed by atoms with E-state index in [0.717, 1.165) is 0 Å². The molecule has 5 nitrogen and oxygen atoms in total. The molecular formula is C11H17ClN2O3S2. The van der Waals surface area contributed by atoms with E-state index in [0.29, 0.717) is 10.6 Å². The summed E-state index contributed by atoms with van der Waals surface area (Å²) < 4.78 is 37.9. The molecule has 1 aromatic rings. The zero-order valence-electron chi connectivity index (χ0n) is 10.9. The molecular weight excluding hydrogens is 308 g/mol. The predicted molar refractivity (Wildman–Crippen MR) is 79.3 cm³/mol. The van der Waals surface area contributed by atoms with Gasteiger partial charge in [-0.05, 0) is 31.5 Å². The van der Waals surface area contributed by atoms with E-state index >= 15 is 0 Å². The second kappa shape index (κ2) is 6.21. The predicted octanol–water partition coefficient (Wildman–Crippen LogP) is 1.28. The molecule has 0 heterocycles. The van der Waals surface area contributed by atoms with Gasteiger partial charge < -0.3 is 5.73 Å². The molecule has 1 aromatic carbocycles. The van der Waals surface area contributed by atoms with E-state index in [4.69, 9.17) is 17.3 Å². The minimum Gasteiger partial charge on any atom is -0.397 e. The Morgan fingerprint density at radius 2 is 2.05 bits per heavy atom. The van der Waals surface area contributed by atoms with E-state index in [1.807, 2.05) is 0 Å². The fourth-order valence-corrected chi connectivity index (χ4v) is 3.41. The van der Waals surface area contributed by atoms with Crippen molar-refractivity contribution in [2.75, 3.05) is 18.5 Å². The van der Waals surface area contributed by atoms with E-state index < -0.39 is 20.8 Å². The Bertz CT molecular complexity index is 602. The maximum absolute atomic E-state index is 12.1. The molecule has 8 heteroatoms. The van der Waals surface area contributed by atoms with Crippen LogP contribution < -0.4 is 10.5 Å². The molecule has 0 saturated carbocycles. The number of benzene rings is 1. The zero-order valence-corrected chi connectivity index (χ0v) is 13.3. The SMILES string of the molecule is Cc1cc(Cl)c(N)cc1S(=O)(=O)NCC(C)S(C)=O. The van der Waals surface area contributed by atoms with Gasteiger partial charge in [-0.1, -0.05) is 11.6 Å². The summed E-state index contributed by atoms with van der Waals surface area (Å²) in [6.07, 6.45) is 1.53. The Balaban J connectivity index is 3.01. The first-order valence-electron chi connectivity index (χ1n) is 5.52. The van der Waals surface area contributed by atoms with E-state index in [1.54, 1.807) is 13.8 Å². The van der Waals surface area contributed by atoms with Gasteiger partial charge in [0.25, 0.3) is 0 Å². The van der Waals surface area contributed by atoms with Crippen LogP contribution in [0.3, 0.4) is 0 Å². The normalized spacial score (nSPS) is 15.2. The Morgan fingerprint density at radius 3 is 2.58 bits per heavy atom. The highest BCUT2D eigenvalue weighted by Gasteiger charge is 2.19. The summed E-state index contributed by atoms with van der Waals surface area (Å²) in [4.78, 5) is 0.0866. The van der Waals surface area contributed by atoms with Gasteiger partial charge in [0.1, 0.15) is 0 Å². The summed E-state index contributed by atoms with van der Waals surface area (Å²) in [6, 6.07) is 2.83. The first kappa shape index (κ1) is 16.4. The van der Waals surface area contributed by atoms with Crippen LogP contribution >= 0.6 is 11.6 Å². The molecule has 19 heavy (non-hydrogen) atoms. The van der Waals surface area contributed by atoms with Crippen LogP contribution in [0.5, 0.6) is 0 Å². The molecule has 0 aliphatic heterocycles. The van der Waals surface area contributed by atoms with Crippen molar-refractivity contribution < 1.29 is 12.6 Å². The van der Waals surface area contributed by atoms with Crippen LogP contribution in [0.15, 0.2) is 17.0 Å². The number of rotatable bonds is 5. The number of anilines is 1. The van der Waals surface area contributed by atoms with Crippen LogP contribution in [0, 0.1) is 6.92 Å². The average Bonchev–Trinajstić information content (AvgIpc) is 2.30. The third kappa shape index (κ3) is 4.17. The van der Waals surface area contributed by atoms with Gasteiger partial charge in [-0.2, -0.15) is 0 Å². The number of nitrogens with two attached hydrogens (primary N) is 1. The molecule has 0 aliphatic carbocycles. The Kier molecular flexibility index (Phi) is 5.37. The lowest BCUT2D eigenvalue weighted by Crippen LogP contribution is -2.33. The summed E-state index contributed by atoms with van der Waals surface area (Å²) in [7, 11) is -4.77. The molecule has 1 rings (SSSR count). The second-order valence-corrected chi connectivity index (χ2v) is 8.24. The van der Waals surface area contributed by atoms with Gasteiger partial charge in [-0.15, -0.1) is 0 Å². The maximum atomic E-state index is 12.1. The molecule has 0 amide bonds. The highest BCUT2D eigenvalue weighted by atomic mass is 35.5. The van der Waals surface area contributed by atoms with Gasteiger partial charge in [-0.25, -0.2) is 13.1 Å². The summed E-state index contributed by atoms with van der Waals surface area (Å²) >= 11 is 5.82. The highest BCUT2D eigenvalue weighted by molar-refractivity contribution is 7.89. The minimum atomic E-state index is -3.68. The number of halogens is 1. The Labute approximate surface area is 121 Å². The summed E-state index contributed by atoms with van der Waals surface area (Å²) in [6.45, 7) is 3.45. The van der Waals surface area contributed by atoms with Crippen molar-refractivity contribution in [2.45, 2.75) is 24.0 Å². The van der Waals surface area contributed by atoms with Gasteiger partial charge in [0, 0.05) is 28.9 Å². The van der Waals surface area contributed by atoms with E-state index in [2.05, 4.69) is 4.72 Å². The first-order chi connectivity index (χ1) is 8.65. The number of aryl methyl sites for hydroxylation is 1. The van der Waals surface area contributed by atoms with Gasteiger partial charge >= 0.3 is 0 Å². The van der Waals surface area contributed by atoms with Crippen LogP contribution in [0.2, 0.25) is 5.02 Å². The van der Waals surface area contributed by atoms with Crippen LogP contribution in [0.1, 0.15) is 12.5 Å². The number of hydrogen-bond acceptors (Lipinski definition) is 4. The third-order valence-corrected chi connectivity index (χ3v) is 5.90. The topological polar surface area (TPSA) is 89.3 Å². The maximum Gasteiger partial charge on any atom is 0.240 e. The van der Waals surface area contributed by atoms with E-state index in [9.17, 15) is 12.6 Å². The fourth-order valence-electron chi connectivity index (χ4n) is 1.38. The van der Waals surface area contributed by atoms with Crippen molar-refractivity contribution in [3.8, 4) is 0 Å². The Hall–Kier alpha value is -0.630. The van der Waals surface area contributed by atoms with E-state index in [1.165, 1.54) is 18.4 Å². The molecule has 0 aromatic heterocycles. The van der Waals surface area contributed by atoms with Crippen molar-refractivity contribution in [1.82, 2.24) is 4.72 Å². The van der Waals surface area contributed by atoms with Gasteiger partial charge in [0.05, 0.1) is 15.6 Å².